The molecule has 19 heteroatoms. The molecule has 5 rings (SSSR count). The molecule has 0 aromatic heterocycles. The summed E-state index contributed by atoms with van der Waals surface area (Å²) in [5.41, 5.74) is 0.590. The maximum atomic E-state index is 12.1. The summed E-state index contributed by atoms with van der Waals surface area (Å²) in [6.07, 6.45) is 1.49. The summed E-state index contributed by atoms with van der Waals surface area (Å²) in [5.74, 6) is 0.128. The zero-order valence-corrected chi connectivity index (χ0v) is 33.8. The molecule has 0 atom stereocenters. The van der Waals surface area contributed by atoms with Gasteiger partial charge in [0.15, 0.2) is 4.98 Å². The summed E-state index contributed by atoms with van der Waals surface area (Å²) >= 11 is 0.385. The minimum Gasteiger partial charge on any atom is -1.00 e. The maximum Gasteiger partial charge on any atom is 1.00 e. The van der Waals surface area contributed by atoms with Gasteiger partial charge in [0.05, 0.1) is 28.4 Å². The van der Waals surface area contributed by atoms with Crippen LogP contribution >= 0.6 is 12.0 Å². The molecular formula is C26H20ClN2Na3O10S3. The molecule has 0 fully saturated rings. The van der Waals surface area contributed by atoms with Gasteiger partial charge in [0, 0.05) is 38.6 Å². The van der Waals surface area contributed by atoms with Gasteiger partial charge < -0.3 is 31.5 Å². The first-order chi connectivity index (χ1) is 19.5. The Bertz CT molecular complexity index is 1980. The molecule has 222 valence electrons. The van der Waals surface area contributed by atoms with Crippen LogP contribution in [0.25, 0.3) is 37.3 Å². The number of hydrogen-bond acceptors (Lipinski definition) is 12. The maximum absolute atomic E-state index is 12.1. The first kappa shape index (κ1) is 44.7. The van der Waals surface area contributed by atoms with E-state index in [2.05, 4.69) is 14.3 Å². The SMILES string of the molecule is CCCCOc1cc(S(=O)(=O)[O-])c2ccc3c(S(=O)(=O)[O-])cc(SOO[O-])c4ccc1c2c43.N#[N+]c1ccccc1.[Cl-].[Na+].[Na+].[Na+]. The van der Waals surface area contributed by atoms with E-state index in [1.807, 2.05) is 25.1 Å². The van der Waals surface area contributed by atoms with E-state index in [4.69, 9.17) is 10.1 Å². The number of hydrogen-bond donors (Lipinski definition) is 0. The second-order valence-electron chi connectivity index (χ2n) is 8.58. The van der Waals surface area contributed by atoms with Gasteiger partial charge in [0.2, 0.25) is 5.39 Å². The number of nitrogens with zero attached hydrogens (tertiary/aromatic N) is 2. The predicted octanol–water partition coefficient (Wildman–Crippen LogP) is -7.01. The Morgan fingerprint density at radius 2 is 1.31 bits per heavy atom. The molecule has 45 heavy (non-hydrogen) atoms. The number of halogens is 1. The van der Waals surface area contributed by atoms with Gasteiger partial charge in [0.1, 0.15) is 26.0 Å². The molecule has 0 aliphatic carbocycles. The van der Waals surface area contributed by atoms with Crippen molar-refractivity contribution in [3.63, 3.8) is 0 Å². The van der Waals surface area contributed by atoms with Gasteiger partial charge in [-0.1, -0.05) is 49.7 Å². The minimum absolute atomic E-state index is 0. The van der Waals surface area contributed by atoms with Crippen LogP contribution in [0.5, 0.6) is 5.75 Å². The van der Waals surface area contributed by atoms with Crippen LogP contribution in [0.15, 0.2) is 81.4 Å². The Morgan fingerprint density at radius 1 is 0.800 bits per heavy atom. The summed E-state index contributed by atoms with van der Waals surface area (Å²) in [4.78, 5) is 1.88. The van der Waals surface area contributed by atoms with Crippen LogP contribution in [0.2, 0.25) is 0 Å². The molecule has 5 aromatic carbocycles. The van der Waals surface area contributed by atoms with Gasteiger partial charge in [-0.05, 0) is 35.4 Å². The molecule has 12 nitrogen and oxygen atoms in total. The molecule has 0 heterocycles. The largest absolute Gasteiger partial charge is 1.00 e. The Balaban J connectivity index is 0.00000142. The normalized spacial score (nSPS) is 10.8. The predicted molar refractivity (Wildman–Crippen MR) is 146 cm³/mol. The monoisotopic (exact) mass is 720 g/mol. The van der Waals surface area contributed by atoms with E-state index in [-0.39, 0.29) is 140 Å². The molecular weight excluding hydrogens is 701 g/mol. The van der Waals surface area contributed by atoms with Crippen LogP contribution in [0, 0.1) is 5.39 Å². The summed E-state index contributed by atoms with van der Waals surface area (Å²) in [6, 6.07) is 16.9. The number of rotatable bonds is 9. The van der Waals surface area contributed by atoms with Gasteiger partial charge in [0.25, 0.3) is 0 Å². The van der Waals surface area contributed by atoms with Crippen molar-refractivity contribution in [2.24, 2.45) is 0 Å². The van der Waals surface area contributed by atoms with Crippen LogP contribution < -0.4 is 111 Å². The molecule has 0 N–H and O–H groups in total. The molecule has 0 aliphatic rings. The van der Waals surface area contributed by atoms with Crippen molar-refractivity contribution in [2.75, 3.05) is 6.61 Å². The first-order valence-electron chi connectivity index (χ1n) is 11.9. The average molecular weight is 721 g/mol. The number of diazo groups is 1. The molecule has 0 bridgehead atoms. The Morgan fingerprint density at radius 3 is 1.80 bits per heavy atom. The molecule has 0 saturated carbocycles. The third-order valence-corrected chi connectivity index (χ3v) is 8.46. The van der Waals surface area contributed by atoms with E-state index in [1.165, 1.54) is 12.1 Å². The molecule has 0 amide bonds. The van der Waals surface area contributed by atoms with Crippen LogP contribution in [-0.4, -0.2) is 32.5 Å². The fourth-order valence-corrected chi connectivity index (χ4v) is 6.33. The van der Waals surface area contributed by atoms with Gasteiger partial charge in [-0.2, -0.15) is 4.33 Å². The molecule has 0 aliphatic heterocycles. The van der Waals surface area contributed by atoms with Gasteiger partial charge in [-0.3, -0.25) is 5.04 Å². The summed E-state index contributed by atoms with van der Waals surface area (Å²) in [7, 11) is -9.94. The Kier molecular flexibility index (Phi) is 19.5. The van der Waals surface area contributed by atoms with Gasteiger partial charge >= 0.3 is 94.4 Å². The fraction of sp³-hybridized carbons (Fsp3) is 0.154. The van der Waals surface area contributed by atoms with E-state index >= 15 is 0 Å². The van der Waals surface area contributed by atoms with Crippen LogP contribution in [0.4, 0.5) is 5.69 Å². The molecule has 0 saturated heterocycles. The third kappa shape index (κ3) is 10.6. The quantitative estimate of drug-likeness (QED) is 0.0205. The topological polar surface area (TPSA) is 193 Å². The van der Waals surface area contributed by atoms with Crippen LogP contribution in [0.3, 0.4) is 0 Å². The molecule has 0 unspecified atom stereocenters. The van der Waals surface area contributed by atoms with Gasteiger partial charge in [-0.25, -0.2) is 16.8 Å². The second kappa shape index (κ2) is 19.6. The zero-order valence-electron chi connectivity index (χ0n) is 24.6. The summed E-state index contributed by atoms with van der Waals surface area (Å²) in [6.45, 7) is 2.20. The van der Waals surface area contributed by atoms with Crippen molar-refractivity contribution in [3.8, 4) is 5.75 Å². The van der Waals surface area contributed by atoms with E-state index in [1.54, 1.807) is 24.3 Å². The first-order valence-corrected chi connectivity index (χ1v) is 15.4. The second-order valence-corrected chi connectivity index (χ2v) is 12.0. The van der Waals surface area contributed by atoms with Crippen molar-refractivity contribution in [1.82, 2.24) is 0 Å². The minimum atomic E-state index is -4.99. The average Bonchev–Trinajstić information content (AvgIpc) is 2.95. The van der Waals surface area contributed by atoms with Crippen molar-refractivity contribution in [3.05, 3.63) is 71.7 Å². The van der Waals surface area contributed by atoms with Crippen LogP contribution in [-0.2, 0) is 29.6 Å². The van der Waals surface area contributed by atoms with Crippen molar-refractivity contribution in [1.29, 1.82) is 5.39 Å². The number of benzene rings is 5. The van der Waals surface area contributed by atoms with E-state index in [0.29, 0.717) is 34.9 Å². The summed E-state index contributed by atoms with van der Waals surface area (Å²) < 4.78 is 82.3. The van der Waals surface area contributed by atoms with E-state index in [0.717, 1.165) is 18.6 Å². The Labute approximate surface area is 336 Å². The zero-order chi connectivity index (χ0) is 29.8. The van der Waals surface area contributed by atoms with Crippen LogP contribution in [0.1, 0.15) is 19.8 Å². The third-order valence-electron chi connectivity index (χ3n) is 6.06. The molecule has 0 spiro atoms. The standard InChI is InChI=1S/C20H18O10S3.C6H5N2.ClH.3Na/c1-2-3-8-28-15-9-17(32(22,23)24)13-6-7-14-18(33(25,26)27)10-16(31-30-29-21)12-5-4-11(15)19(13)20(12)14;7-8-6-4-2-1-3-5-6;;;;/h4-7,9-10,21H,2-3,8H2,1H3,(H,22,23,24)(H,25,26,27);1-5H;1H;;;/q;+1;;3*+1/p-4. The van der Waals surface area contributed by atoms with Crippen molar-refractivity contribution < 1.29 is 146 Å². The fourth-order valence-electron chi connectivity index (χ4n) is 4.34. The summed E-state index contributed by atoms with van der Waals surface area (Å²) in [5, 5.41) is 23.1. The van der Waals surface area contributed by atoms with E-state index in [9.17, 15) is 31.2 Å². The van der Waals surface area contributed by atoms with Crippen molar-refractivity contribution >= 4 is 70.3 Å². The van der Waals surface area contributed by atoms with Crippen molar-refractivity contribution in [2.45, 2.75) is 34.5 Å². The Hall–Kier alpha value is -0.300. The molecule has 5 aromatic rings. The van der Waals surface area contributed by atoms with E-state index < -0.39 is 30.0 Å². The molecule has 0 radical (unpaired) electrons. The number of ether oxygens (including phenoxy) is 1. The van der Waals surface area contributed by atoms with Gasteiger partial charge in [-0.15, -0.1) is 0 Å². The number of unbranched alkanes of at least 4 members (excludes halogenated alkanes) is 1. The smallest absolute Gasteiger partial charge is 1.00 e.